The van der Waals surface area contributed by atoms with Crippen LogP contribution in [-0.2, 0) is 19.1 Å². The van der Waals surface area contributed by atoms with E-state index in [1.165, 1.54) is 25.8 Å². The summed E-state index contributed by atoms with van der Waals surface area (Å²) in [5.74, 6) is -2.23. The van der Waals surface area contributed by atoms with Gasteiger partial charge in [0.15, 0.2) is 6.10 Å². The Morgan fingerprint density at radius 1 is 1.06 bits per heavy atom. The number of halogens is 3. The van der Waals surface area contributed by atoms with E-state index in [1.807, 2.05) is 67.8 Å². The van der Waals surface area contributed by atoms with E-state index in [2.05, 4.69) is 5.32 Å². The van der Waals surface area contributed by atoms with Gasteiger partial charge in [-0.05, 0) is 67.8 Å². The molecule has 0 spiro atoms. The monoisotopic (exact) mass is 803 g/mol. The van der Waals surface area contributed by atoms with Gasteiger partial charge >= 0.3 is 11.9 Å². The summed E-state index contributed by atoms with van der Waals surface area (Å²) in [4.78, 5) is 49.7. The topological polar surface area (TPSA) is 168 Å². The fraction of sp³-hybridized carbons (Fsp3) is 0.474. The largest absolute Gasteiger partial charge is 0.462 e. The van der Waals surface area contributed by atoms with Gasteiger partial charge in [-0.15, -0.1) is 0 Å². The van der Waals surface area contributed by atoms with E-state index in [9.17, 15) is 24.3 Å². The fourth-order valence-electron chi connectivity index (χ4n) is 2.59. The van der Waals surface area contributed by atoms with Gasteiger partial charge in [-0.1, -0.05) is 0 Å². The van der Waals surface area contributed by atoms with E-state index < -0.39 is 42.6 Å². The molecule has 1 rings (SSSR count). The number of benzene rings is 1. The van der Waals surface area contributed by atoms with Crippen molar-refractivity contribution in [2.75, 3.05) is 39.1 Å². The lowest BCUT2D eigenvalue weighted by Crippen LogP contribution is -2.39. The number of amides is 2. The molecule has 0 aromatic heterocycles. The third-order valence-corrected chi connectivity index (χ3v) is 7.45. The van der Waals surface area contributed by atoms with Crippen LogP contribution in [0.4, 0.5) is 5.69 Å². The van der Waals surface area contributed by atoms with Crippen LogP contribution in [0, 0.1) is 10.7 Å². The summed E-state index contributed by atoms with van der Waals surface area (Å²) < 4.78 is 11.1. The number of nitrogens with two attached hydrogens (primary N) is 1. The summed E-state index contributed by atoms with van der Waals surface area (Å²) in [7, 11) is 1.46. The molecule has 0 radical (unpaired) electrons. The third-order valence-electron chi connectivity index (χ3n) is 4.13. The molecule has 1 aromatic rings. The highest BCUT2D eigenvalue weighted by molar-refractivity contribution is 14.1. The first-order valence-electron chi connectivity index (χ1n) is 9.40. The Hall–Kier alpha value is -0.990. The van der Waals surface area contributed by atoms with Gasteiger partial charge in [0, 0.05) is 31.0 Å². The molecule has 11 nitrogen and oxygen atoms in total. The Morgan fingerprint density at radius 2 is 1.64 bits per heavy atom. The number of rotatable bonds is 10. The standard InChI is InChI=1S/C19H24I3N3O8/c1-8(27)32-7-11(33-9(2)28)4-24-18(30)12-14(20)13(16(22)17(23)15(12)21)19(31)25(3)5-10(29)6-26/h10-11,26,29H,4-7,23H2,1-3H3,(H,24,30)/t10-,11-/m1/s1. The van der Waals surface area contributed by atoms with E-state index in [0.717, 1.165) is 0 Å². The predicted molar refractivity (Wildman–Crippen MR) is 144 cm³/mol. The number of carbonyl (C=O) groups is 4. The van der Waals surface area contributed by atoms with E-state index in [1.54, 1.807) is 0 Å². The first-order valence-corrected chi connectivity index (χ1v) is 12.6. The molecule has 0 saturated heterocycles. The number of aliphatic hydroxyl groups excluding tert-OH is 2. The zero-order valence-corrected chi connectivity index (χ0v) is 24.5. The van der Waals surface area contributed by atoms with Crippen molar-refractivity contribution in [2.45, 2.75) is 26.1 Å². The van der Waals surface area contributed by atoms with Crippen molar-refractivity contribution in [1.82, 2.24) is 10.2 Å². The predicted octanol–water partition coefficient (Wildman–Crippen LogP) is 0.732. The molecular weight excluding hydrogens is 779 g/mol. The fourth-order valence-corrected chi connectivity index (χ4v) is 6.71. The number of carbonyl (C=O) groups excluding carboxylic acids is 4. The number of hydrogen-bond acceptors (Lipinski definition) is 9. The number of hydrogen-bond donors (Lipinski definition) is 4. The van der Waals surface area contributed by atoms with Gasteiger partial charge < -0.3 is 35.6 Å². The number of esters is 2. The maximum Gasteiger partial charge on any atom is 0.303 e. The highest BCUT2D eigenvalue weighted by Crippen LogP contribution is 2.34. The molecule has 0 aliphatic rings. The molecule has 0 unspecified atom stereocenters. The van der Waals surface area contributed by atoms with Crippen molar-refractivity contribution >= 4 is 97.2 Å². The second kappa shape index (κ2) is 13.8. The molecule has 0 aliphatic carbocycles. The number of ether oxygens (including phenoxy) is 2. The van der Waals surface area contributed by atoms with Gasteiger partial charge in [-0.25, -0.2) is 0 Å². The van der Waals surface area contributed by atoms with Crippen LogP contribution in [0.5, 0.6) is 0 Å². The normalized spacial score (nSPS) is 12.5. The lowest BCUT2D eigenvalue weighted by atomic mass is 10.1. The van der Waals surface area contributed by atoms with Crippen LogP contribution in [0.15, 0.2) is 0 Å². The number of nitrogens with one attached hydrogen (secondary N) is 1. The minimum absolute atomic E-state index is 0.116. The number of aliphatic hydroxyl groups is 2. The lowest BCUT2D eigenvalue weighted by molar-refractivity contribution is -0.155. The maximum atomic E-state index is 13.0. The molecule has 0 aliphatic heterocycles. The molecule has 5 N–H and O–H groups in total. The van der Waals surface area contributed by atoms with Crippen LogP contribution < -0.4 is 11.1 Å². The second-order valence-corrected chi connectivity index (χ2v) is 10.1. The Kier molecular flexibility index (Phi) is 12.5. The lowest BCUT2D eigenvalue weighted by Gasteiger charge is -2.23. The van der Waals surface area contributed by atoms with Crippen molar-refractivity contribution < 1.29 is 38.9 Å². The third kappa shape index (κ3) is 8.62. The smallest absolute Gasteiger partial charge is 0.303 e. The molecular formula is C19H24I3N3O8. The average Bonchev–Trinajstić information content (AvgIpc) is 2.73. The van der Waals surface area contributed by atoms with E-state index >= 15 is 0 Å². The van der Waals surface area contributed by atoms with Crippen LogP contribution >= 0.6 is 67.8 Å². The van der Waals surface area contributed by atoms with Crippen LogP contribution in [-0.4, -0.2) is 84.4 Å². The molecule has 0 saturated carbocycles. The summed E-state index contributed by atoms with van der Waals surface area (Å²) >= 11 is 5.71. The minimum Gasteiger partial charge on any atom is -0.462 e. The first kappa shape index (κ1) is 30.0. The zero-order valence-electron chi connectivity index (χ0n) is 18.0. The van der Waals surface area contributed by atoms with Gasteiger partial charge in [-0.3, -0.25) is 19.2 Å². The molecule has 2 amide bonds. The van der Waals surface area contributed by atoms with Gasteiger partial charge in [0.2, 0.25) is 0 Å². The molecule has 0 heterocycles. The number of likely N-dealkylation sites (N-methyl/N-ethyl adjacent to an activating group) is 1. The molecule has 0 bridgehead atoms. The summed E-state index contributed by atoms with van der Waals surface area (Å²) in [5, 5.41) is 21.3. The number of anilines is 1. The number of nitrogen functional groups attached to an aromatic ring is 1. The van der Waals surface area contributed by atoms with Crippen LogP contribution in [0.3, 0.4) is 0 Å². The van der Waals surface area contributed by atoms with Crippen molar-refractivity contribution in [1.29, 1.82) is 0 Å². The second-order valence-electron chi connectivity index (χ2n) is 6.87. The first-order chi connectivity index (χ1) is 15.3. The Bertz CT molecular complexity index is 928. The van der Waals surface area contributed by atoms with E-state index in [4.69, 9.17) is 20.3 Å². The van der Waals surface area contributed by atoms with Crippen molar-refractivity contribution in [3.63, 3.8) is 0 Å². The molecule has 0 fully saturated rings. The summed E-state index contributed by atoms with van der Waals surface area (Å²) in [6.07, 6.45) is -2.02. The quantitative estimate of drug-likeness (QED) is 0.152. The summed E-state index contributed by atoms with van der Waals surface area (Å²) in [6.45, 7) is 1.39. The van der Waals surface area contributed by atoms with Crippen molar-refractivity contribution in [3.05, 3.63) is 21.8 Å². The Balaban J connectivity index is 3.24. The Morgan fingerprint density at radius 3 is 2.15 bits per heavy atom. The van der Waals surface area contributed by atoms with E-state index in [0.29, 0.717) is 10.7 Å². The zero-order chi connectivity index (χ0) is 25.5. The minimum atomic E-state index is -1.12. The van der Waals surface area contributed by atoms with Gasteiger partial charge in [0.05, 0.1) is 43.2 Å². The van der Waals surface area contributed by atoms with Crippen LogP contribution in [0.1, 0.15) is 34.6 Å². The SMILES string of the molecule is CC(=O)OC[C@@H](CNC(=O)c1c(I)c(N)c(I)c(C(=O)N(C)C[C@@H](O)CO)c1I)OC(C)=O. The molecule has 33 heavy (non-hydrogen) atoms. The summed E-state index contributed by atoms with van der Waals surface area (Å²) in [5.41, 5.74) is 6.75. The number of nitrogens with zero attached hydrogens (tertiary/aromatic N) is 1. The molecule has 184 valence electrons. The van der Waals surface area contributed by atoms with Crippen molar-refractivity contribution in [2.24, 2.45) is 0 Å². The van der Waals surface area contributed by atoms with Gasteiger partial charge in [0.25, 0.3) is 11.8 Å². The highest BCUT2D eigenvalue weighted by Gasteiger charge is 2.29. The van der Waals surface area contributed by atoms with E-state index in [-0.39, 0.29) is 36.5 Å². The molecule has 1 aromatic carbocycles. The van der Waals surface area contributed by atoms with Crippen molar-refractivity contribution in [3.8, 4) is 0 Å². The molecule has 2 atom stereocenters. The summed E-state index contributed by atoms with van der Waals surface area (Å²) in [6, 6.07) is 0. The van der Waals surface area contributed by atoms with Crippen LogP contribution in [0.2, 0.25) is 0 Å². The maximum absolute atomic E-state index is 13.0. The average molecular weight is 803 g/mol. The highest BCUT2D eigenvalue weighted by atomic mass is 127. The van der Waals surface area contributed by atoms with Crippen LogP contribution in [0.25, 0.3) is 0 Å². The molecule has 14 heteroatoms. The van der Waals surface area contributed by atoms with Gasteiger partial charge in [-0.2, -0.15) is 0 Å². The van der Waals surface area contributed by atoms with Gasteiger partial charge in [0.1, 0.15) is 6.61 Å². The Labute approximate surface area is 231 Å².